The van der Waals surface area contributed by atoms with Crippen molar-refractivity contribution >= 4 is 11.6 Å². The monoisotopic (exact) mass is 276 g/mol. The van der Waals surface area contributed by atoms with E-state index in [9.17, 15) is 0 Å². The van der Waals surface area contributed by atoms with Crippen molar-refractivity contribution in [2.45, 2.75) is 65.3 Å². The van der Waals surface area contributed by atoms with Gasteiger partial charge in [-0.3, -0.25) is 0 Å². The Morgan fingerprint density at radius 3 is 2.30 bits per heavy atom. The summed E-state index contributed by atoms with van der Waals surface area (Å²) in [5.74, 6) is 3.70. The van der Waals surface area contributed by atoms with Crippen molar-refractivity contribution < 1.29 is 0 Å². The SMILES string of the molecule is CNc1nc(C(C)(C)C)nc(NC(C)CC2CC2)c1C. The summed E-state index contributed by atoms with van der Waals surface area (Å²) in [5.41, 5.74) is 1.05. The topological polar surface area (TPSA) is 49.8 Å². The molecule has 1 unspecified atom stereocenters. The molecule has 1 fully saturated rings. The summed E-state index contributed by atoms with van der Waals surface area (Å²) in [6, 6.07) is 0.466. The molecule has 0 saturated heterocycles. The number of hydrogen-bond donors (Lipinski definition) is 2. The average molecular weight is 276 g/mol. The van der Waals surface area contributed by atoms with Crippen LogP contribution >= 0.6 is 0 Å². The molecule has 0 radical (unpaired) electrons. The van der Waals surface area contributed by atoms with Gasteiger partial charge >= 0.3 is 0 Å². The normalized spacial score (nSPS) is 16.9. The number of aromatic nitrogens is 2. The van der Waals surface area contributed by atoms with Crippen LogP contribution in [0.25, 0.3) is 0 Å². The highest BCUT2D eigenvalue weighted by Crippen LogP contribution is 2.34. The molecule has 0 spiro atoms. The lowest BCUT2D eigenvalue weighted by Gasteiger charge is -2.22. The van der Waals surface area contributed by atoms with Gasteiger partial charge in [-0.05, 0) is 26.2 Å². The lowest BCUT2D eigenvalue weighted by Crippen LogP contribution is -2.22. The summed E-state index contributed by atoms with van der Waals surface area (Å²) in [6.07, 6.45) is 4.02. The lowest BCUT2D eigenvalue weighted by atomic mass is 9.95. The van der Waals surface area contributed by atoms with Gasteiger partial charge in [0.1, 0.15) is 17.5 Å². The van der Waals surface area contributed by atoms with E-state index in [0.717, 1.165) is 28.9 Å². The second-order valence-electron chi connectivity index (χ2n) is 7.09. The molecule has 0 bridgehead atoms. The molecule has 112 valence electrons. The molecular weight excluding hydrogens is 248 g/mol. The Hall–Kier alpha value is -1.32. The van der Waals surface area contributed by atoms with Gasteiger partial charge in [0.2, 0.25) is 0 Å². The van der Waals surface area contributed by atoms with Crippen LogP contribution in [0, 0.1) is 12.8 Å². The standard InChI is InChI=1S/C16H28N4/c1-10(9-12-7-8-12)18-14-11(2)13(17-6)19-15(20-14)16(3,4)5/h10,12H,7-9H2,1-6H3,(H2,17,18,19,20). The number of hydrogen-bond acceptors (Lipinski definition) is 4. The molecule has 1 aromatic rings. The van der Waals surface area contributed by atoms with Crippen LogP contribution in [0.2, 0.25) is 0 Å². The Bertz CT molecular complexity index is 472. The highest BCUT2D eigenvalue weighted by molar-refractivity contribution is 5.57. The summed E-state index contributed by atoms with van der Waals surface area (Å²) >= 11 is 0. The van der Waals surface area contributed by atoms with Crippen LogP contribution in [0.1, 0.15) is 58.3 Å². The van der Waals surface area contributed by atoms with Crippen LogP contribution in [-0.4, -0.2) is 23.1 Å². The van der Waals surface area contributed by atoms with Crippen LogP contribution in [-0.2, 0) is 5.41 Å². The van der Waals surface area contributed by atoms with Crippen LogP contribution in [0.15, 0.2) is 0 Å². The molecule has 2 N–H and O–H groups in total. The Morgan fingerprint density at radius 1 is 1.20 bits per heavy atom. The highest BCUT2D eigenvalue weighted by atomic mass is 15.1. The van der Waals surface area contributed by atoms with Gasteiger partial charge in [0.05, 0.1) is 0 Å². The van der Waals surface area contributed by atoms with Crippen LogP contribution in [0.3, 0.4) is 0 Å². The van der Waals surface area contributed by atoms with E-state index in [-0.39, 0.29) is 5.41 Å². The maximum atomic E-state index is 4.76. The van der Waals surface area contributed by atoms with Crippen molar-refractivity contribution in [3.8, 4) is 0 Å². The Labute approximate surface area is 122 Å². The first-order valence-electron chi connectivity index (χ1n) is 7.64. The summed E-state index contributed by atoms with van der Waals surface area (Å²) in [6.45, 7) is 10.8. The fourth-order valence-electron chi connectivity index (χ4n) is 2.38. The third-order valence-electron chi connectivity index (χ3n) is 3.82. The molecule has 1 atom stereocenters. The molecular formula is C16H28N4. The molecule has 1 aliphatic carbocycles. The molecule has 1 aromatic heterocycles. The van der Waals surface area contributed by atoms with Gasteiger partial charge in [0.15, 0.2) is 0 Å². The van der Waals surface area contributed by atoms with Gasteiger partial charge in [-0.2, -0.15) is 0 Å². The molecule has 1 aliphatic rings. The zero-order valence-electron chi connectivity index (χ0n) is 13.7. The maximum absolute atomic E-state index is 4.76. The molecule has 0 amide bonds. The van der Waals surface area contributed by atoms with Gasteiger partial charge in [-0.1, -0.05) is 33.6 Å². The van der Waals surface area contributed by atoms with E-state index in [4.69, 9.17) is 4.98 Å². The quantitative estimate of drug-likeness (QED) is 0.860. The van der Waals surface area contributed by atoms with Crippen molar-refractivity contribution in [1.29, 1.82) is 0 Å². The summed E-state index contributed by atoms with van der Waals surface area (Å²) in [7, 11) is 1.92. The lowest BCUT2D eigenvalue weighted by molar-refractivity contribution is 0.544. The average Bonchev–Trinajstić information content (AvgIpc) is 3.14. The van der Waals surface area contributed by atoms with Crippen molar-refractivity contribution in [2.24, 2.45) is 5.92 Å². The predicted octanol–water partition coefficient (Wildman–Crippen LogP) is 3.72. The van der Waals surface area contributed by atoms with E-state index < -0.39 is 0 Å². The molecule has 1 saturated carbocycles. The fraction of sp³-hybridized carbons (Fsp3) is 0.750. The zero-order chi connectivity index (χ0) is 14.9. The van der Waals surface area contributed by atoms with Gasteiger partial charge in [0.25, 0.3) is 0 Å². The van der Waals surface area contributed by atoms with E-state index in [0.29, 0.717) is 6.04 Å². The number of nitrogens with zero attached hydrogens (tertiary/aromatic N) is 2. The van der Waals surface area contributed by atoms with Gasteiger partial charge < -0.3 is 10.6 Å². The Balaban J connectivity index is 2.24. The van der Waals surface area contributed by atoms with E-state index >= 15 is 0 Å². The number of nitrogens with one attached hydrogen (secondary N) is 2. The third kappa shape index (κ3) is 3.62. The van der Waals surface area contributed by atoms with E-state index in [1.165, 1.54) is 19.3 Å². The van der Waals surface area contributed by atoms with Crippen LogP contribution in [0.5, 0.6) is 0 Å². The predicted molar refractivity (Wildman–Crippen MR) is 85.4 cm³/mol. The van der Waals surface area contributed by atoms with Gasteiger partial charge in [0, 0.05) is 24.1 Å². The molecule has 4 nitrogen and oxygen atoms in total. The van der Waals surface area contributed by atoms with Crippen molar-refractivity contribution in [2.75, 3.05) is 17.7 Å². The van der Waals surface area contributed by atoms with Crippen molar-refractivity contribution in [3.63, 3.8) is 0 Å². The highest BCUT2D eigenvalue weighted by Gasteiger charge is 2.25. The molecule has 2 rings (SSSR count). The van der Waals surface area contributed by atoms with Crippen molar-refractivity contribution in [3.05, 3.63) is 11.4 Å². The summed E-state index contributed by atoms with van der Waals surface area (Å²) in [5, 5.41) is 6.76. The first-order valence-corrected chi connectivity index (χ1v) is 7.64. The first kappa shape index (κ1) is 15.1. The summed E-state index contributed by atoms with van der Waals surface area (Å²) in [4.78, 5) is 9.40. The molecule has 0 aliphatic heterocycles. The second kappa shape index (κ2) is 5.58. The van der Waals surface area contributed by atoms with Crippen molar-refractivity contribution in [1.82, 2.24) is 9.97 Å². The first-order chi connectivity index (χ1) is 9.31. The smallest absolute Gasteiger partial charge is 0.138 e. The van der Waals surface area contributed by atoms with Crippen LogP contribution in [0.4, 0.5) is 11.6 Å². The van der Waals surface area contributed by atoms with Gasteiger partial charge in [-0.25, -0.2) is 9.97 Å². The Morgan fingerprint density at radius 2 is 1.80 bits per heavy atom. The summed E-state index contributed by atoms with van der Waals surface area (Å²) < 4.78 is 0. The minimum absolute atomic E-state index is 0.0462. The minimum Gasteiger partial charge on any atom is -0.373 e. The zero-order valence-corrected chi connectivity index (χ0v) is 13.7. The fourth-order valence-corrected chi connectivity index (χ4v) is 2.38. The molecule has 0 aromatic carbocycles. The molecule has 20 heavy (non-hydrogen) atoms. The Kier molecular flexibility index (Phi) is 4.21. The van der Waals surface area contributed by atoms with E-state index in [1.807, 2.05) is 7.05 Å². The van der Waals surface area contributed by atoms with Gasteiger partial charge in [-0.15, -0.1) is 0 Å². The molecule has 1 heterocycles. The number of rotatable bonds is 5. The number of anilines is 2. The van der Waals surface area contributed by atoms with Crippen LogP contribution < -0.4 is 10.6 Å². The maximum Gasteiger partial charge on any atom is 0.138 e. The second-order valence-corrected chi connectivity index (χ2v) is 7.09. The largest absolute Gasteiger partial charge is 0.373 e. The van der Waals surface area contributed by atoms with E-state index in [2.05, 4.69) is 50.2 Å². The van der Waals surface area contributed by atoms with E-state index in [1.54, 1.807) is 0 Å². The molecule has 4 heteroatoms. The minimum atomic E-state index is -0.0462. The third-order valence-corrected chi connectivity index (χ3v) is 3.82.